The van der Waals surface area contributed by atoms with Gasteiger partial charge in [0, 0.05) is 5.69 Å². The Bertz CT molecular complexity index is 995. The SMILES string of the molecule is CC(C)(O)c1ccc(S(=O)NC(=O)Nc2c3c(cc4c2CCC4)CCC3)cc1CO. The number of aliphatic hydroxyl groups is 2. The molecule has 1 unspecified atom stereocenters. The second-order valence-corrected chi connectivity index (χ2v) is 9.81. The van der Waals surface area contributed by atoms with Gasteiger partial charge in [0.25, 0.3) is 0 Å². The summed E-state index contributed by atoms with van der Waals surface area (Å²) < 4.78 is 15.3. The van der Waals surface area contributed by atoms with Crippen molar-refractivity contribution < 1.29 is 19.2 Å². The van der Waals surface area contributed by atoms with Crippen molar-refractivity contribution in [3.05, 3.63) is 57.6 Å². The Hall–Kier alpha value is -2.22. The van der Waals surface area contributed by atoms with Gasteiger partial charge in [0.1, 0.15) is 0 Å². The molecule has 0 fully saturated rings. The van der Waals surface area contributed by atoms with E-state index in [1.165, 1.54) is 22.3 Å². The highest BCUT2D eigenvalue weighted by Crippen LogP contribution is 2.38. The normalized spacial score (nSPS) is 16.1. The molecule has 1 atom stereocenters. The smallest absolute Gasteiger partial charge is 0.331 e. The Morgan fingerprint density at radius 3 is 2.27 bits per heavy atom. The molecule has 160 valence electrons. The third-order valence-electron chi connectivity index (χ3n) is 6.02. The highest BCUT2D eigenvalue weighted by Gasteiger charge is 2.26. The summed E-state index contributed by atoms with van der Waals surface area (Å²) in [5, 5.41) is 22.8. The minimum atomic E-state index is -1.79. The minimum Gasteiger partial charge on any atom is -0.392 e. The fourth-order valence-corrected chi connectivity index (χ4v) is 5.44. The van der Waals surface area contributed by atoms with Gasteiger partial charge in [-0.15, -0.1) is 0 Å². The van der Waals surface area contributed by atoms with Crippen LogP contribution >= 0.6 is 0 Å². The van der Waals surface area contributed by atoms with Gasteiger partial charge in [-0.25, -0.2) is 9.00 Å². The first-order valence-electron chi connectivity index (χ1n) is 10.4. The van der Waals surface area contributed by atoms with Gasteiger partial charge in [-0.3, -0.25) is 4.72 Å². The van der Waals surface area contributed by atoms with Crippen LogP contribution < -0.4 is 10.0 Å². The molecule has 7 heteroatoms. The fourth-order valence-electron chi connectivity index (χ4n) is 4.66. The van der Waals surface area contributed by atoms with E-state index in [1.54, 1.807) is 32.0 Å². The van der Waals surface area contributed by atoms with Crippen molar-refractivity contribution in [2.75, 3.05) is 5.32 Å². The van der Waals surface area contributed by atoms with Crippen LogP contribution in [0.15, 0.2) is 29.2 Å². The van der Waals surface area contributed by atoms with Gasteiger partial charge in [0.2, 0.25) is 0 Å². The van der Waals surface area contributed by atoms with Crippen LogP contribution in [-0.2, 0) is 48.9 Å². The highest BCUT2D eigenvalue weighted by atomic mass is 32.2. The number of amides is 2. The molecule has 0 bridgehead atoms. The Morgan fingerprint density at radius 1 is 1.07 bits per heavy atom. The lowest BCUT2D eigenvalue weighted by atomic mass is 9.93. The number of aryl methyl sites for hydroxylation is 2. The molecule has 0 spiro atoms. The van der Waals surface area contributed by atoms with Crippen LogP contribution in [0.3, 0.4) is 0 Å². The summed E-state index contributed by atoms with van der Waals surface area (Å²) in [5.74, 6) is 0. The van der Waals surface area contributed by atoms with Crippen LogP contribution in [0.5, 0.6) is 0 Å². The molecule has 0 aliphatic heterocycles. The molecule has 6 nitrogen and oxygen atoms in total. The second kappa shape index (κ2) is 8.13. The minimum absolute atomic E-state index is 0.293. The number of carbonyl (C=O) groups is 1. The molecular formula is C23H28N2O4S. The molecule has 30 heavy (non-hydrogen) atoms. The van der Waals surface area contributed by atoms with Crippen LogP contribution in [0.25, 0.3) is 0 Å². The first kappa shape index (κ1) is 21.0. The molecule has 2 aromatic carbocycles. The quantitative estimate of drug-likeness (QED) is 0.588. The number of fused-ring (bicyclic) bond motifs is 2. The largest absolute Gasteiger partial charge is 0.392 e. The maximum Gasteiger partial charge on any atom is 0.331 e. The van der Waals surface area contributed by atoms with Crippen LogP contribution in [0, 0.1) is 0 Å². The predicted molar refractivity (Wildman–Crippen MR) is 117 cm³/mol. The number of carbonyl (C=O) groups excluding carboxylic acids is 1. The van der Waals surface area contributed by atoms with Gasteiger partial charge in [0.15, 0.2) is 11.0 Å². The maximum atomic E-state index is 12.7. The van der Waals surface area contributed by atoms with Crippen molar-refractivity contribution in [2.45, 2.75) is 69.5 Å². The van der Waals surface area contributed by atoms with Gasteiger partial charge >= 0.3 is 6.03 Å². The van der Waals surface area contributed by atoms with Crippen molar-refractivity contribution >= 4 is 22.7 Å². The molecule has 2 aliphatic carbocycles. The van der Waals surface area contributed by atoms with Gasteiger partial charge in [0.05, 0.1) is 17.1 Å². The first-order chi connectivity index (χ1) is 14.3. The monoisotopic (exact) mass is 428 g/mol. The Kier molecular flexibility index (Phi) is 5.70. The number of hydrogen-bond donors (Lipinski definition) is 4. The van der Waals surface area contributed by atoms with E-state index in [0.29, 0.717) is 16.0 Å². The summed E-state index contributed by atoms with van der Waals surface area (Å²) in [4.78, 5) is 13.0. The van der Waals surface area contributed by atoms with Crippen molar-refractivity contribution in [1.29, 1.82) is 0 Å². The maximum absolute atomic E-state index is 12.7. The number of aliphatic hydroxyl groups excluding tert-OH is 1. The summed E-state index contributed by atoms with van der Waals surface area (Å²) in [6.07, 6.45) is 6.19. The third kappa shape index (κ3) is 4.02. The fraction of sp³-hybridized carbons (Fsp3) is 0.435. The zero-order chi connectivity index (χ0) is 21.5. The van der Waals surface area contributed by atoms with E-state index in [2.05, 4.69) is 16.1 Å². The van der Waals surface area contributed by atoms with Crippen LogP contribution in [-0.4, -0.2) is 20.5 Å². The molecule has 0 aromatic heterocycles. The van der Waals surface area contributed by atoms with Crippen LogP contribution in [0.2, 0.25) is 0 Å². The number of nitrogens with one attached hydrogen (secondary N) is 2. The van der Waals surface area contributed by atoms with E-state index in [4.69, 9.17) is 0 Å². The molecule has 0 saturated heterocycles. The molecule has 0 saturated carbocycles. The standard InChI is InChI=1S/C23H28N2O4S/c1-23(2,28)20-10-9-17(12-16(20)13-26)30(29)25-22(27)24-21-18-7-3-5-14(18)11-15-6-4-8-19(15)21/h9-12,26,28H,3-8,13H2,1-2H3,(H2,24,25,27). The summed E-state index contributed by atoms with van der Waals surface area (Å²) in [6.45, 7) is 2.96. The lowest BCUT2D eigenvalue weighted by Crippen LogP contribution is -2.31. The molecule has 0 heterocycles. The Balaban J connectivity index is 1.53. The number of urea groups is 1. The van der Waals surface area contributed by atoms with Crippen LogP contribution in [0.1, 0.15) is 60.1 Å². The van der Waals surface area contributed by atoms with Gasteiger partial charge in [-0.1, -0.05) is 12.1 Å². The number of benzene rings is 2. The Morgan fingerprint density at radius 2 is 1.70 bits per heavy atom. The number of rotatable bonds is 5. The lowest BCUT2D eigenvalue weighted by molar-refractivity contribution is 0.0759. The molecule has 0 radical (unpaired) electrons. The van der Waals surface area contributed by atoms with E-state index in [-0.39, 0.29) is 6.61 Å². The predicted octanol–water partition coefficient (Wildman–Crippen LogP) is 3.23. The summed E-state index contributed by atoms with van der Waals surface area (Å²) in [5.41, 5.74) is 5.89. The summed E-state index contributed by atoms with van der Waals surface area (Å²) in [7, 11) is -1.79. The average Bonchev–Trinajstić information content (AvgIpc) is 3.35. The van der Waals surface area contributed by atoms with Crippen molar-refractivity contribution in [3.8, 4) is 0 Å². The molecule has 2 amide bonds. The molecule has 4 N–H and O–H groups in total. The molecule has 2 aliphatic rings. The third-order valence-corrected chi connectivity index (χ3v) is 7.07. The van der Waals surface area contributed by atoms with Gasteiger partial charge in [-0.2, -0.15) is 0 Å². The van der Waals surface area contributed by atoms with Gasteiger partial charge < -0.3 is 15.5 Å². The second-order valence-electron chi connectivity index (χ2n) is 8.60. The van der Waals surface area contributed by atoms with E-state index in [1.807, 2.05) is 0 Å². The average molecular weight is 429 g/mol. The number of hydrogen-bond acceptors (Lipinski definition) is 4. The summed E-state index contributed by atoms with van der Waals surface area (Å²) in [6, 6.07) is 6.59. The van der Waals surface area contributed by atoms with Gasteiger partial charge in [-0.05, 0) is 97.9 Å². The van der Waals surface area contributed by atoms with Crippen molar-refractivity contribution in [2.24, 2.45) is 0 Å². The lowest BCUT2D eigenvalue weighted by Gasteiger charge is -2.21. The molecule has 2 aromatic rings. The van der Waals surface area contributed by atoms with Crippen molar-refractivity contribution in [3.63, 3.8) is 0 Å². The summed E-state index contributed by atoms with van der Waals surface area (Å²) >= 11 is 0. The van der Waals surface area contributed by atoms with Crippen molar-refractivity contribution in [1.82, 2.24) is 4.72 Å². The first-order valence-corrected chi connectivity index (χ1v) is 11.6. The Labute approximate surface area is 179 Å². The van der Waals surface area contributed by atoms with E-state index in [0.717, 1.165) is 44.2 Å². The van der Waals surface area contributed by atoms with E-state index < -0.39 is 22.6 Å². The molecule has 4 rings (SSSR count). The topological polar surface area (TPSA) is 98.7 Å². The molecular weight excluding hydrogens is 400 g/mol. The van der Waals surface area contributed by atoms with E-state index in [9.17, 15) is 19.2 Å². The zero-order valence-electron chi connectivity index (χ0n) is 17.4. The van der Waals surface area contributed by atoms with E-state index >= 15 is 0 Å². The zero-order valence-corrected chi connectivity index (χ0v) is 18.2. The van der Waals surface area contributed by atoms with Crippen LogP contribution in [0.4, 0.5) is 10.5 Å². The number of anilines is 1. The highest BCUT2D eigenvalue weighted by molar-refractivity contribution is 7.83.